The van der Waals surface area contributed by atoms with Gasteiger partial charge in [0.15, 0.2) is 0 Å². The second-order valence-electron chi connectivity index (χ2n) is 6.50. The van der Waals surface area contributed by atoms with Crippen LogP contribution < -0.4 is 10.1 Å². The highest BCUT2D eigenvalue weighted by Crippen LogP contribution is 2.38. The summed E-state index contributed by atoms with van der Waals surface area (Å²) in [4.78, 5) is 14.6. The predicted octanol–water partition coefficient (Wildman–Crippen LogP) is 3.03. The van der Waals surface area contributed by atoms with Crippen molar-refractivity contribution in [3.63, 3.8) is 0 Å². The molecule has 118 valence electrons. The summed E-state index contributed by atoms with van der Waals surface area (Å²) in [5, 5.41) is 4.20. The summed E-state index contributed by atoms with van der Waals surface area (Å²) < 4.78 is 5.95. The molecular weight excluding hydrogens is 276 g/mol. The minimum absolute atomic E-state index is 0.0210. The molecule has 2 heterocycles. The first-order valence-corrected chi connectivity index (χ1v) is 7.98. The van der Waals surface area contributed by atoms with Gasteiger partial charge in [-0.25, -0.2) is 0 Å². The van der Waals surface area contributed by atoms with Gasteiger partial charge in [-0.2, -0.15) is 0 Å². The Balaban J connectivity index is 2.09. The molecule has 1 amide bonds. The number of benzene rings is 1. The standard InChI is InChI=1S/C18H24N2O2/c1-10-7-15-16(22-9-10)8-11(2)18-17(15)14(12(3)20-18)5-6-19-13(4)21/h8,10,20H,5-7,9H2,1-4H3,(H,19,21). The minimum Gasteiger partial charge on any atom is -0.493 e. The van der Waals surface area contributed by atoms with Crippen molar-refractivity contribution in [1.82, 2.24) is 10.3 Å². The molecule has 3 rings (SSSR count). The number of nitrogens with one attached hydrogen (secondary N) is 2. The molecule has 4 nitrogen and oxygen atoms in total. The van der Waals surface area contributed by atoms with Gasteiger partial charge in [-0.05, 0) is 49.8 Å². The molecule has 0 fully saturated rings. The third-order valence-corrected chi connectivity index (χ3v) is 4.48. The van der Waals surface area contributed by atoms with E-state index in [1.54, 1.807) is 6.92 Å². The Bertz CT molecular complexity index is 730. The molecule has 1 atom stereocenters. The van der Waals surface area contributed by atoms with Gasteiger partial charge in [0, 0.05) is 35.6 Å². The van der Waals surface area contributed by atoms with Crippen LogP contribution >= 0.6 is 0 Å². The fourth-order valence-electron chi connectivity index (χ4n) is 3.42. The Morgan fingerprint density at radius 1 is 1.45 bits per heavy atom. The van der Waals surface area contributed by atoms with Crippen LogP contribution in [0.25, 0.3) is 10.9 Å². The number of hydrogen-bond donors (Lipinski definition) is 2. The number of amides is 1. The maximum atomic E-state index is 11.1. The number of carbonyl (C=O) groups excluding carboxylic acids is 1. The van der Waals surface area contributed by atoms with Crippen molar-refractivity contribution in [2.45, 2.75) is 40.5 Å². The van der Waals surface area contributed by atoms with Gasteiger partial charge in [0.1, 0.15) is 5.75 Å². The van der Waals surface area contributed by atoms with Crippen LogP contribution in [-0.2, 0) is 17.6 Å². The van der Waals surface area contributed by atoms with Crippen LogP contribution in [0.15, 0.2) is 6.07 Å². The van der Waals surface area contributed by atoms with Crippen molar-refractivity contribution in [3.8, 4) is 5.75 Å². The van der Waals surface area contributed by atoms with Gasteiger partial charge < -0.3 is 15.0 Å². The molecule has 1 aromatic heterocycles. The highest BCUT2D eigenvalue weighted by molar-refractivity contribution is 5.92. The summed E-state index contributed by atoms with van der Waals surface area (Å²) in [6.07, 6.45) is 1.90. The molecule has 4 heteroatoms. The van der Waals surface area contributed by atoms with Crippen molar-refractivity contribution in [3.05, 3.63) is 28.5 Å². The number of aromatic nitrogens is 1. The van der Waals surface area contributed by atoms with Crippen molar-refractivity contribution in [2.75, 3.05) is 13.2 Å². The van der Waals surface area contributed by atoms with E-state index < -0.39 is 0 Å². The molecule has 1 unspecified atom stereocenters. The normalized spacial score (nSPS) is 17.2. The maximum absolute atomic E-state index is 11.1. The highest BCUT2D eigenvalue weighted by atomic mass is 16.5. The number of aryl methyl sites for hydroxylation is 2. The lowest BCUT2D eigenvalue weighted by molar-refractivity contribution is -0.118. The van der Waals surface area contributed by atoms with Gasteiger partial charge in [0.25, 0.3) is 0 Å². The molecule has 22 heavy (non-hydrogen) atoms. The van der Waals surface area contributed by atoms with E-state index in [9.17, 15) is 4.79 Å². The van der Waals surface area contributed by atoms with Crippen molar-refractivity contribution >= 4 is 16.8 Å². The number of carbonyl (C=O) groups is 1. The summed E-state index contributed by atoms with van der Waals surface area (Å²) in [6, 6.07) is 2.15. The first kappa shape index (κ1) is 14.9. The smallest absolute Gasteiger partial charge is 0.216 e. The fraction of sp³-hybridized carbons (Fsp3) is 0.500. The zero-order valence-electron chi connectivity index (χ0n) is 13.8. The molecule has 1 aliphatic heterocycles. The van der Waals surface area contributed by atoms with Crippen molar-refractivity contribution < 1.29 is 9.53 Å². The topological polar surface area (TPSA) is 54.1 Å². The lowest BCUT2D eigenvalue weighted by Crippen LogP contribution is -2.22. The van der Waals surface area contributed by atoms with E-state index >= 15 is 0 Å². The van der Waals surface area contributed by atoms with E-state index in [1.165, 1.54) is 33.3 Å². The Labute approximate surface area is 131 Å². The van der Waals surface area contributed by atoms with Crippen LogP contribution in [-0.4, -0.2) is 24.0 Å². The van der Waals surface area contributed by atoms with E-state index in [-0.39, 0.29) is 5.91 Å². The average Bonchev–Trinajstić information content (AvgIpc) is 2.78. The van der Waals surface area contributed by atoms with Crippen LogP contribution in [0.3, 0.4) is 0 Å². The molecule has 2 aromatic rings. The monoisotopic (exact) mass is 300 g/mol. The van der Waals surface area contributed by atoms with Gasteiger partial charge in [0.05, 0.1) is 6.61 Å². The van der Waals surface area contributed by atoms with Crippen LogP contribution in [0.1, 0.15) is 36.2 Å². The summed E-state index contributed by atoms with van der Waals surface area (Å²) >= 11 is 0. The Morgan fingerprint density at radius 3 is 2.95 bits per heavy atom. The number of aromatic amines is 1. The van der Waals surface area contributed by atoms with Crippen LogP contribution in [0.4, 0.5) is 0 Å². The van der Waals surface area contributed by atoms with Gasteiger partial charge >= 0.3 is 0 Å². The van der Waals surface area contributed by atoms with Crippen molar-refractivity contribution in [2.24, 2.45) is 5.92 Å². The SMILES string of the molecule is CC(=O)NCCc1c(C)[nH]c2c(C)cc3c(c12)CC(C)CO3. The summed E-state index contributed by atoms with van der Waals surface area (Å²) in [7, 11) is 0. The van der Waals surface area contributed by atoms with E-state index in [1.807, 2.05) is 0 Å². The molecule has 2 N–H and O–H groups in total. The van der Waals surface area contributed by atoms with Gasteiger partial charge in [-0.15, -0.1) is 0 Å². The molecule has 0 radical (unpaired) electrons. The molecule has 0 saturated heterocycles. The van der Waals surface area contributed by atoms with Gasteiger partial charge in [0.2, 0.25) is 5.91 Å². The highest BCUT2D eigenvalue weighted by Gasteiger charge is 2.23. The lowest BCUT2D eigenvalue weighted by Gasteiger charge is -2.24. The Hall–Kier alpha value is -1.97. The molecule has 0 bridgehead atoms. The third kappa shape index (κ3) is 2.58. The van der Waals surface area contributed by atoms with E-state index in [4.69, 9.17) is 4.74 Å². The Morgan fingerprint density at radius 2 is 2.23 bits per heavy atom. The third-order valence-electron chi connectivity index (χ3n) is 4.48. The number of rotatable bonds is 3. The first-order chi connectivity index (χ1) is 10.5. The second-order valence-corrected chi connectivity index (χ2v) is 6.50. The summed E-state index contributed by atoms with van der Waals surface area (Å²) in [5.41, 5.74) is 6.25. The van der Waals surface area contributed by atoms with Crippen LogP contribution in [0.5, 0.6) is 5.75 Å². The number of fused-ring (bicyclic) bond motifs is 3. The van der Waals surface area contributed by atoms with Crippen molar-refractivity contribution in [1.29, 1.82) is 0 Å². The number of H-pyrrole nitrogens is 1. The fourth-order valence-corrected chi connectivity index (χ4v) is 3.42. The van der Waals surface area contributed by atoms with E-state index in [0.29, 0.717) is 12.5 Å². The van der Waals surface area contributed by atoms with E-state index in [2.05, 4.69) is 37.1 Å². The first-order valence-electron chi connectivity index (χ1n) is 7.98. The molecule has 1 aromatic carbocycles. The second kappa shape index (κ2) is 5.67. The quantitative estimate of drug-likeness (QED) is 0.915. The van der Waals surface area contributed by atoms with Gasteiger partial charge in [-0.1, -0.05) is 6.92 Å². The number of hydrogen-bond acceptors (Lipinski definition) is 2. The molecule has 0 saturated carbocycles. The molecule has 0 aliphatic carbocycles. The van der Waals surface area contributed by atoms with Crippen LogP contribution in [0.2, 0.25) is 0 Å². The summed E-state index contributed by atoms with van der Waals surface area (Å²) in [6.45, 7) is 9.49. The maximum Gasteiger partial charge on any atom is 0.216 e. The van der Waals surface area contributed by atoms with Crippen LogP contribution in [0, 0.1) is 19.8 Å². The number of ether oxygens (including phenoxy) is 1. The lowest BCUT2D eigenvalue weighted by atomic mass is 9.91. The average molecular weight is 300 g/mol. The molecule has 1 aliphatic rings. The molecule has 0 spiro atoms. The Kier molecular flexibility index (Phi) is 3.85. The zero-order chi connectivity index (χ0) is 15.9. The largest absolute Gasteiger partial charge is 0.493 e. The van der Waals surface area contributed by atoms with E-state index in [0.717, 1.165) is 25.2 Å². The van der Waals surface area contributed by atoms with Gasteiger partial charge in [-0.3, -0.25) is 4.79 Å². The predicted molar refractivity (Wildman–Crippen MR) is 88.5 cm³/mol. The molecular formula is C18H24N2O2. The minimum atomic E-state index is 0.0210. The summed E-state index contributed by atoms with van der Waals surface area (Å²) in [5.74, 6) is 1.59. The zero-order valence-corrected chi connectivity index (χ0v) is 13.8.